The van der Waals surface area contributed by atoms with Gasteiger partial charge in [-0.05, 0) is 43.5 Å². The van der Waals surface area contributed by atoms with Gasteiger partial charge in [-0.25, -0.2) is 4.79 Å². The number of furan rings is 1. The zero-order chi connectivity index (χ0) is 18.5. The molecule has 4 rings (SSSR count). The van der Waals surface area contributed by atoms with Crippen molar-refractivity contribution in [2.75, 3.05) is 6.54 Å². The lowest BCUT2D eigenvalue weighted by Gasteiger charge is -2.24. The van der Waals surface area contributed by atoms with Crippen molar-refractivity contribution in [3.05, 3.63) is 54.5 Å². The third kappa shape index (κ3) is 4.16. The van der Waals surface area contributed by atoms with Gasteiger partial charge in [0.05, 0.1) is 18.4 Å². The third-order valence-corrected chi connectivity index (χ3v) is 4.71. The fourth-order valence-corrected chi connectivity index (χ4v) is 3.34. The molecule has 3 aromatic rings. The minimum atomic E-state index is -0.0574. The Morgan fingerprint density at radius 1 is 1.33 bits per heavy atom. The maximum Gasteiger partial charge on any atom is 0.318 e. The fraction of sp³-hybridized carbons (Fsp3) is 0.368. The average Bonchev–Trinajstić information content (AvgIpc) is 3.47. The molecular formula is C19H21N5O3. The molecule has 2 amide bonds. The van der Waals surface area contributed by atoms with Crippen LogP contribution in [0, 0.1) is 0 Å². The number of hydrogen-bond donors (Lipinski definition) is 1. The van der Waals surface area contributed by atoms with E-state index in [-0.39, 0.29) is 12.1 Å². The van der Waals surface area contributed by atoms with Gasteiger partial charge in [-0.1, -0.05) is 5.16 Å². The molecule has 0 radical (unpaired) electrons. The van der Waals surface area contributed by atoms with Crippen LogP contribution in [0.3, 0.4) is 0 Å². The van der Waals surface area contributed by atoms with Crippen LogP contribution in [0.2, 0.25) is 0 Å². The molecule has 1 aliphatic rings. The van der Waals surface area contributed by atoms with Crippen molar-refractivity contribution in [2.45, 2.75) is 38.3 Å². The molecule has 4 heterocycles. The number of carbonyl (C=O) groups excluding carboxylic acids is 1. The molecule has 1 atom stereocenters. The topological polar surface area (TPSA) is 97.3 Å². The van der Waals surface area contributed by atoms with Crippen molar-refractivity contribution < 1.29 is 13.7 Å². The maximum absolute atomic E-state index is 12.5. The Labute approximate surface area is 156 Å². The van der Waals surface area contributed by atoms with Crippen LogP contribution in [0.25, 0.3) is 11.5 Å². The lowest BCUT2D eigenvalue weighted by Crippen LogP contribution is -2.42. The van der Waals surface area contributed by atoms with E-state index >= 15 is 0 Å². The fourth-order valence-electron chi connectivity index (χ4n) is 3.34. The minimum Gasteiger partial charge on any atom is -0.467 e. The molecule has 8 heteroatoms. The van der Waals surface area contributed by atoms with E-state index in [1.165, 1.54) is 0 Å². The summed E-state index contributed by atoms with van der Waals surface area (Å²) >= 11 is 0. The third-order valence-electron chi connectivity index (χ3n) is 4.71. The first-order valence-electron chi connectivity index (χ1n) is 9.09. The number of aromatic nitrogens is 3. The Morgan fingerprint density at radius 3 is 3.11 bits per heavy atom. The summed E-state index contributed by atoms with van der Waals surface area (Å²) in [7, 11) is 0. The van der Waals surface area contributed by atoms with E-state index in [0.717, 1.165) is 37.1 Å². The van der Waals surface area contributed by atoms with Crippen molar-refractivity contribution in [2.24, 2.45) is 0 Å². The van der Waals surface area contributed by atoms with Crippen LogP contribution >= 0.6 is 0 Å². The van der Waals surface area contributed by atoms with E-state index in [9.17, 15) is 4.79 Å². The van der Waals surface area contributed by atoms with Gasteiger partial charge in [0.25, 0.3) is 5.89 Å². The van der Waals surface area contributed by atoms with Crippen LogP contribution in [-0.4, -0.2) is 38.6 Å². The monoisotopic (exact) mass is 367 g/mol. The largest absolute Gasteiger partial charge is 0.467 e. The number of pyridine rings is 1. The van der Waals surface area contributed by atoms with Crippen LogP contribution < -0.4 is 5.32 Å². The second kappa shape index (κ2) is 8.03. The molecule has 0 aromatic carbocycles. The van der Waals surface area contributed by atoms with Crippen LogP contribution in [0.4, 0.5) is 4.79 Å². The normalized spacial score (nSPS) is 16.6. The lowest BCUT2D eigenvalue weighted by molar-refractivity contribution is 0.188. The molecule has 0 aliphatic carbocycles. The van der Waals surface area contributed by atoms with Gasteiger partial charge < -0.3 is 19.2 Å². The molecule has 140 valence electrons. The first-order chi connectivity index (χ1) is 13.3. The van der Waals surface area contributed by atoms with E-state index in [4.69, 9.17) is 8.94 Å². The number of rotatable bonds is 6. The van der Waals surface area contributed by atoms with Gasteiger partial charge in [-0.3, -0.25) is 4.98 Å². The summed E-state index contributed by atoms with van der Waals surface area (Å²) in [6.45, 7) is 1.16. The first-order valence-corrected chi connectivity index (χ1v) is 9.09. The van der Waals surface area contributed by atoms with Crippen molar-refractivity contribution in [1.29, 1.82) is 0 Å². The summed E-state index contributed by atoms with van der Waals surface area (Å²) in [5.74, 6) is 1.86. The maximum atomic E-state index is 12.5. The highest BCUT2D eigenvalue weighted by Crippen LogP contribution is 2.22. The van der Waals surface area contributed by atoms with E-state index in [1.807, 2.05) is 29.2 Å². The average molecular weight is 367 g/mol. The summed E-state index contributed by atoms with van der Waals surface area (Å²) < 4.78 is 10.6. The molecule has 1 N–H and O–H groups in total. The molecule has 1 fully saturated rings. The Bertz CT molecular complexity index is 863. The molecule has 1 saturated heterocycles. The van der Waals surface area contributed by atoms with Crippen molar-refractivity contribution in [3.8, 4) is 11.5 Å². The van der Waals surface area contributed by atoms with E-state index < -0.39 is 0 Å². The second-order valence-corrected chi connectivity index (χ2v) is 6.52. The number of hydrogen-bond acceptors (Lipinski definition) is 6. The standard InChI is InChI=1S/C19H21N5O3/c25-19(21-13-16-6-3-11-26-16)24-10-2-5-15(24)7-8-17-22-18(27-23-17)14-4-1-9-20-12-14/h1,3-4,6,9,11-12,15H,2,5,7-8,10,13H2,(H,21,25). The highest BCUT2D eigenvalue weighted by Gasteiger charge is 2.28. The zero-order valence-electron chi connectivity index (χ0n) is 14.9. The van der Waals surface area contributed by atoms with Crippen molar-refractivity contribution in [1.82, 2.24) is 25.3 Å². The summed E-state index contributed by atoms with van der Waals surface area (Å²) in [5.41, 5.74) is 0.802. The van der Waals surface area contributed by atoms with Crippen LogP contribution in [0.1, 0.15) is 30.8 Å². The van der Waals surface area contributed by atoms with Gasteiger partial charge in [-0.2, -0.15) is 4.98 Å². The van der Waals surface area contributed by atoms with Gasteiger partial charge in [0.1, 0.15) is 5.76 Å². The van der Waals surface area contributed by atoms with Crippen LogP contribution in [0.5, 0.6) is 0 Å². The molecule has 1 aliphatic heterocycles. The molecule has 27 heavy (non-hydrogen) atoms. The SMILES string of the molecule is O=C(NCc1ccco1)N1CCCC1CCc1noc(-c2cccnc2)n1. The summed E-state index contributed by atoms with van der Waals surface area (Å²) in [6, 6.07) is 7.49. The van der Waals surface area contributed by atoms with E-state index in [1.54, 1.807) is 18.7 Å². The second-order valence-electron chi connectivity index (χ2n) is 6.52. The predicted octanol–water partition coefficient (Wildman–Crippen LogP) is 3.03. The van der Waals surface area contributed by atoms with Gasteiger partial charge in [0, 0.05) is 31.4 Å². The van der Waals surface area contributed by atoms with E-state index in [2.05, 4.69) is 20.4 Å². The van der Waals surface area contributed by atoms with Gasteiger partial charge >= 0.3 is 6.03 Å². The number of aryl methyl sites for hydroxylation is 1. The summed E-state index contributed by atoms with van der Waals surface area (Å²) in [6.07, 6.45) is 8.46. The Balaban J connectivity index is 1.31. The number of likely N-dealkylation sites (tertiary alicyclic amines) is 1. The number of nitrogens with zero attached hydrogens (tertiary/aromatic N) is 4. The Kier molecular flexibility index (Phi) is 5.13. The highest BCUT2D eigenvalue weighted by molar-refractivity contribution is 5.74. The molecule has 8 nitrogen and oxygen atoms in total. The summed E-state index contributed by atoms with van der Waals surface area (Å²) in [5, 5.41) is 6.97. The van der Waals surface area contributed by atoms with Gasteiger partial charge in [0.15, 0.2) is 5.82 Å². The molecule has 0 saturated carbocycles. The predicted molar refractivity (Wildman–Crippen MR) is 96.5 cm³/mol. The number of nitrogens with one attached hydrogen (secondary N) is 1. The van der Waals surface area contributed by atoms with Crippen molar-refractivity contribution >= 4 is 6.03 Å². The number of carbonyl (C=O) groups is 1. The molecular weight excluding hydrogens is 346 g/mol. The zero-order valence-corrected chi connectivity index (χ0v) is 14.9. The number of urea groups is 1. The molecule has 3 aromatic heterocycles. The Hall–Kier alpha value is -3.16. The van der Waals surface area contributed by atoms with Gasteiger partial charge in [0.2, 0.25) is 0 Å². The van der Waals surface area contributed by atoms with Crippen LogP contribution in [-0.2, 0) is 13.0 Å². The quantitative estimate of drug-likeness (QED) is 0.719. The molecule has 0 spiro atoms. The molecule has 0 bridgehead atoms. The van der Waals surface area contributed by atoms with Gasteiger partial charge in [-0.15, -0.1) is 0 Å². The van der Waals surface area contributed by atoms with Crippen molar-refractivity contribution in [3.63, 3.8) is 0 Å². The lowest BCUT2D eigenvalue weighted by atomic mass is 10.1. The van der Waals surface area contributed by atoms with E-state index in [0.29, 0.717) is 24.7 Å². The summed E-state index contributed by atoms with van der Waals surface area (Å²) in [4.78, 5) is 22.9. The highest BCUT2D eigenvalue weighted by atomic mass is 16.5. The smallest absolute Gasteiger partial charge is 0.318 e. The minimum absolute atomic E-state index is 0.0574. The number of amides is 2. The molecule has 1 unspecified atom stereocenters. The Morgan fingerprint density at radius 2 is 2.30 bits per heavy atom. The first kappa shape index (κ1) is 17.3. The van der Waals surface area contributed by atoms with Crippen LogP contribution in [0.15, 0.2) is 51.9 Å².